The summed E-state index contributed by atoms with van der Waals surface area (Å²) in [7, 11) is 1.66. The number of rotatable bonds is 9. The highest BCUT2D eigenvalue weighted by Gasteiger charge is 2.53. The Kier molecular flexibility index (Phi) is 8.52. The quantitative estimate of drug-likeness (QED) is 0.126. The number of nitrogens with zero attached hydrogens (tertiary/aromatic N) is 3. The summed E-state index contributed by atoms with van der Waals surface area (Å²) >= 11 is 11.7. The highest BCUT2D eigenvalue weighted by atomic mass is 35.5. The van der Waals surface area contributed by atoms with E-state index in [0.29, 0.717) is 35.9 Å². The van der Waals surface area contributed by atoms with Crippen molar-refractivity contribution in [3.63, 3.8) is 0 Å². The third-order valence-electron chi connectivity index (χ3n) is 8.80. The Labute approximate surface area is 285 Å². The lowest BCUT2D eigenvalue weighted by atomic mass is 9.94. The molecule has 0 radical (unpaired) electrons. The van der Waals surface area contributed by atoms with Crippen molar-refractivity contribution >= 4 is 35.9 Å². The van der Waals surface area contributed by atoms with Crippen molar-refractivity contribution in [3.05, 3.63) is 154 Å². The first kappa shape index (κ1) is 31.0. The molecule has 0 amide bonds. The zero-order chi connectivity index (χ0) is 32.5. The smallest absolute Gasteiger partial charge is 0.203 e. The van der Waals surface area contributed by atoms with E-state index in [2.05, 4.69) is 42.2 Å². The second-order valence-corrected chi connectivity index (χ2v) is 13.0. The first-order chi connectivity index (χ1) is 22.9. The molecule has 8 heteroatoms. The molecule has 1 aromatic heterocycles. The molecule has 234 valence electrons. The Hall–Kier alpha value is -4.58. The first-order valence-electron chi connectivity index (χ1n) is 15.5. The number of aromatic nitrogens is 1. The molecule has 0 saturated carbocycles. The molecule has 0 saturated heterocycles. The standard InChI is InChI=1S/C39H33ClN3O3S/c1-25-20-33-35(45-24-31-17-14-29(22-42-31)27-8-4-3-5-9-27)19-18-34-36(33)39(46-25)37(38(44-2)32-11-7-6-10-28(32)21-41)43(34,47)23-26-12-15-30(40)16-13-26/h3-19,22,25,38,47H,20,23-24H2,1-2H3/q+1. The third kappa shape index (κ3) is 5.79. The van der Waals surface area contributed by atoms with E-state index in [0.717, 1.165) is 56.2 Å². The van der Waals surface area contributed by atoms with Crippen LogP contribution in [0, 0.1) is 11.3 Å². The maximum absolute atomic E-state index is 10.0. The molecule has 0 bridgehead atoms. The molecule has 3 atom stereocenters. The average Bonchev–Trinajstić information content (AvgIpc) is 3.34. The van der Waals surface area contributed by atoms with Gasteiger partial charge in [-0.15, -0.1) is 0 Å². The maximum Gasteiger partial charge on any atom is 0.203 e. The number of ether oxygens (including phenoxy) is 3. The van der Waals surface area contributed by atoms with Gasteiger partial charge in [0.05, 0.1) is 35.7 Å². The number of quaternary nitrogens is 1. The minimum absolute atomic E-state index is 0.104. The number of benzene rings is 4. The summed E-state index contributed by atoms with van der Waals surface area (Å²) in [5.41, 5.74) is 9.14. The van der Waals surface area contributed by atoms with E-state index in [9.17, 15) is 5.26 Å². The Morgan fingerprint density at radius 1 is 0.979 bits per heavy atom. The van der Waals surface area contributed by atoms with Gasteiger partial charge in [0.2, 0.25) is 5.70 Å². The van der Waals surface area contributed by atoms with Crippen molar-refractivity contribution in [2.45, 2.75) is 38.7 Å². The van der Waals surface area contributed by atoms with Gasteiger partial charge in [-0.1, -0.05) is 78.3 Å². The fraction of sp³-hybridized carbons (Fsp3) is 0.179. The predicted molar refractivity (Wildman–Crippen MR) is 188 cm³/mol. The summed E-state index contributed by atoms with van der Waals surface area (Å²) in [6.45, 7) is 2.88. The van der Waals surface area contributed by atoms with Gasteiger partial charge in [0.15, 0.2) is 17.6 Å². The molecule has 0 aliphatic carbocycles. The highest BCUT2D eigenvalue weighted by molar-refractivity contribution is 7.80. The Morgan fingerprint density at radius 3 is 2.47 bits per heavy atom. The van der Waals surface area contributed by atoms with Crippen LogP contribution in [0.2, 0.25) is 5.02 Å². The average molecular weight is 659 g/mol. The van der Waals surface area contributed by atoms with Gasteiger partial charge in [-0.05, 0) is 42.8 Å². The van der Waals surface area contributed by atoms with Crippen molar-refractivity contribution in [1.29, 1.82) is 5.26 Å². The van der Waals surface area contributed by atoms with Crippen molar-refractivity contribution in [2.75, 3.05) is 7.11 Å². The van der Waals surface area contributed by atoms with E-state index in [1.54, 1.807) is 7.11 Å². The van der Waals surface area contributed by atoms with E-state index in [4.69, 9.17) is 38.6 Å². The monoisotopic (exact) mass is 658 g/mol. The first-order valence-corrected chi connectivity index (χ1v) is 16.3. The molecule has 0 spiro atoms. The summed E-state index contributed by atoms with van der Waals surface area (Å²) in [6.07, 6.45) is 1.81. The predicted octanol–water partition coefficient (Wildman–Crippen LogP) is 9.24. The zero-order valence-electron chi connectivity index (χ0n) is 26.1. The number of methoxy groups -OCH3 is 1. The van der Waals surface area contributed by atoms with E-state index < -0.39 is 6.10 Å². The van der Waals surface area contributed by atoms with Gasteiger partial charge in [0.1, 0.15) is 25.0 Å². The molecule has 4 aromatic carbocycles. The van der Waals surface area contributed by atoms with Gasteiger partial charge in [0.25, 0.3) is 0 Å². The van der Waals surface area contributed by atoms with Crippen LogP contribution in [0.25, 0.3) is 16.9 Å². The number of hydrogen-bond acceptors (Lipinski definition) is 6. The topological polar surface area (TPSA) is 64.4 Å². The second-order valence-electron chi connectivity index (χ2n) is 11.8. The molecular weight excluding hydrogens is 626 g/mol. The molecular formula is C39H33ClN3O3S+. The third-order valence-corrected chi connectivity index (χ3v) is 9.62. The van der Waals surface area contributed by atoms with Crippen molar-refractivity contribution in [1.82, 2.24) is 8.87 Å². The van der Waals surface area contributed by atoms with Gasteiger partial charge in [-0.2, -0.15) is 9.15 Å². The molecule has 5 aromatic rings. The second kappa shape index (κ2) is 12.9. The Balaban J connectivity index is 1.31. The van der Waals surface area contributed by atoms with E-state index in [1.807, 2.05) is 85.1 Å². The van der Waals surface area contributed by atoms with Crippen LogP contribution in [0.15, 0.2) is 115 Å². The van der Waals surface area contributed by atoms with Crippen LogP contribution in [0.5, 0.6) is 5.75 Å². The lowest BCUT2D eigenvalue weighted by molar-refractivity contribution is 0.110. The van der Waals surface area contributed by atoms with Crippen molar-refractivity contribution in [2.24, 2.45) is 0 Å². The zero-order valence-corrected chi connectivity index (χ0v) is 27.7. The number of nitriles is 1. The van der Waals surface area contributed by atoms with Gasteiger partial charge in [0, 0.05) is 53.1 Å². The minimum atomic E-state index is -0.604. The summed E-state index contributed by atoms with van der Waals surface area (Å²) in [4.78, 5) is 4.69. The Bertz CT molecular complexity index is 2010. The summed E-state index contributed by atoms with van der Waals surface area (Å²) < 4.78 is 19.5. The molecule has 3 heterocycles. The van der Waals surface area contributed by atoms with Gasteiger partial charge < -0.3 is 14.2 Å². The molecule has 0 N–H and O–H groups in total. The summed E-state index contributed by atoms with van der Waals surface area (Å²) in [5, 5.41) is 10.7. The van der Waals surface area contributed by atoms with Crippen molar-refractivity contribution < 1.29 is 14.2 Å². The van der Waals surface area contributed by atoms with Crippen LogP contribution < -0.4 is 8.63 Å². The Morgan fingerprint density at radius 2 is 1.74 bits per heavy atom. The largest absolute Gasteiger partial charge is 0.487 e. The van der Waals surface area contributed by atoms with E-state index in [1.165, 1.54) is 0 Å². The molecule has 0 fully saturated rings. The van der Waals surface area contributed by atoms with Crippen LogP contribution in [0.3, 0.4) is 0 Å². The van der Waals surface area contributed by atoms with Gasteiger partial charge in [-0.3, -0.25) is 4.98 Å². The normalized spacial score (nSPS) is 18.7. The highest BCUT2D eigenvalue weighted by Crippen LogP contribution is 2.57. The number of halogens is 1. The molecule has 2 aliphatic heterocycles. The number of hydrogen-bond donors (Lipinski definition) is 1. The van der Waals surface area contributed by atoms with Crippen LogP contribution in [0.1, 0.15) is 46.5 Å². The fourth-order valence-corrected chi connectivity index (χ4v) is 7.26. The molecule has 47 heavy (non-hydrogen) atoms. The van der Waals surface area contributed by atoms with Gasteiger partial charge in [-0.25, -0.2) is 0 Å². The lowest BCUT2D eigenvalue weighted by Crippen LogP contribution is -2.39. The van der Waals surface area contributed by atoms with Crippen LogP contribution >= 0.6 is 24.4 Å². The fourth-order valence-electron chi connectivity index (χ4n) is 6.60. The molecule has 6 nitrogen and oxygen atoms in total. The van der Waals surface area contributed by atoms with Crippen molar-refractivity contribution in [3.8, 4) is 22.9 Å². The van der Waals surface area contributed by atoms with E-state index in [-0.39, 0.29) is 9.99 Å². The molecule has 2 aliphatic rings. The molecule has 3 unspecified atom stereocenters. The summed E-state index contributed by atoms with van der Waals surface area (Å²) in [5.74, 6) is 1.50. The molecule has 7 rings (SSSR count). The van der Waals surface area contributed by atoms with Crippen LogP contribution in [-0.4, -0.2) is 18.2 Å². The SMILES string of the molecule is COC(C1=C2OC(C)Cc3c(OCc4ccc(-c5ccccc5)cn4)ccc(c32)[N+]1(S)Cc1ccc(Cl)cc1)c1ccccc1C#N. The van der Waals surface area contributed by atoms with Crippen LogP contribution in [0.4, 0.5) is 5.69 Å². The lowest BCUT2D eigenvalue weighted by Gasteiger charge is -2.33. The number of thiol groups is 1. The van der Waals surface area contributed by atoms with E-state index >= 15 is 0 Å². The minimum Gasteiger partial charge on any atom is -0.487 e. The number of pyridine rings is 1. The maximum atomic E-state index is 10.0. The van der Waals surface area contributed by atoms with Gasteiger partial charge >= 0.3 is 0 Å². The summed E-state index contributed by atoms with van der Waals surface area (Å²) in [6, 6.07) is 36.0. The van der Waals surface area contributed by atoms with Crippen LogP contribution in [-0.2, 0) is 29.0 Å².